The highest BCUT2D eigenvalue weighted by Gasteiger charge is 2.30. The fourth-order valence-corrected chi connectivity index (χ4v) is 1.76. The predicted molar refractivity (Wildman–Crippen MR) is 75.7 cm³/mol. The van der Waals surface area contributed by atoms with Crippen LogP contribution in [0.2, 0.25) is 0 Å². The van der Waals surface area contributed by atoms with Gasteiger partial charge in [0.05, 0.1) is 16.4 Å². The van der Waals surface area contributed by atoms with Gasteiger partial charge in [0.2, 0.25) is 5.91 Å². The van der Waals surface area contributed by atoms with E-state index in [1.165, 1.54) is 32.0 Å². The summed E-state index contributed by atoms with van der Waals surface area (Å²) in [7, 11) is 0. The maximum absolute atomic E-state index is 11.9. The molecule has 0 radical (unpaired) electrons. The summed E-state index contributed by atoms with van der Waals surface area (Å²) < 4.78 is 0. The monoisotopic (exact) mass is 294 g/mol. The Balaban J connectivity index is 2.75. The summed E-state index contributed by atoms with van der Waals surface area (Å²) in [6.07, 6.45) is -0.165. The van der Waals surface area contributed by atoms with Crippen molar-refractivity contribution in [2.45, 2.75) is 33.2 Å². The molecule has 0 aliphatic rings. The van der Waals surface area contributed by atoms with Crippen molar-refractivity contribution in [1.82, 2.24) is 5.32 Å². The largest absolute Gasteiger partial charge is 0.481 e. The highest BCUT2D eigenvalue weighted by molar-refractivity contribution is 5.84. The molecule has 1 atom stereocenters. The summed E-state index contributed by atoms with van der Waals surface area (Å²) in [6, 6.07) is 5.51. The lowest BCUT2D eigenvalue weighted by atomic mass is 9.89. The van der Waals surface area contributed by atoms with Crippen LogP contribution < -0.4 is 5.32 Å². The quantitative estimate of drug-likeness (QED) is 0.617. The fourth-order valence-electron chi connectivity index (χ4n) is 1.76. The smallest absolute Gasteiger partial charge is 0.309 e. The molecule has 0 heterocycles. The van der Waals surface area contributed by atoms with Gasteiger partial charge in [-0.15, -0.1) is 0 Å². The Bertz CT molecular complexity index is 568. The van der Waals surface area contributed by atoms with Gasteiger partial charge in [0.25, 0.3) is 5.69 Å². The number of rotatable bonds is 6. The van der Waals surface area contributed by atoms with E-state index in [0.29, 0.717) is 5.56 Å². The van der Waals surface area contributed by atoms with E-state index in [-0.39, 0.29) is 12.1 Å². The van der Waals surface area contributed by atoms with Gasteiger partial charge >= 0.3 is 5.97 Å². The molecule has 0 fully saturated rings. The highest BCUT2D eigenvalue weighted by atomic mass is 16.6. The van der Waals surface area contributed by atoms with E-state index in [9.17, 15) is 19.7 Å². The lowest BCUT2D eigenvalue weighted by molar-refractivity contribution is -0.384. The normalized spacial score (nSPS) is 12.5. The fraction of sp³-hybridized carbons (Fsp3) is 0.429. The van der Waals surface area contributed by atoms with Crippen molar-refractivity contribution in [3.63, 3.8) is 0 Å². The molecule has 0 spiro atoms. The first kappa shape index (κ1) is 16.6. The maximum Gasteiger partial charge on any atom is 0.309 e. The Morgan fingerprint density at radius 2 is 2.05 bits per heavy atom. The van der Waals surface area contributed by atoms with Crippen molar-refractivity contribution < 1.29 is 19.6 Å². The minimum absolute atomic E-state index is 0.0561. The Kier molecular flexibility index (Phi) is 5.02. The standard InChI is InChI=1S/C14H18N2O5/c1-9(10-5-4-6-11(7-10)16(20)21)15-12(17)8-14(2,3)13(18)19/h4-7,9H,8H2,1-3H3,(H,15,17)(H,18,19). The van der Waals surface area contributed by atoms with Gasteiger partial charge in [-0.2, -0.15) is 0 Å². The third-order valence-corrected chi connectivity index (χ3v) is 3.14. The first-order chi connectivity index (χ1) is 9.63. The molecule has 0 aliphatic carbocycles. The number of carboxylic acids is 1. The Morgan fingerprint density at radius 1 is 1.43 bits per heavy atom. The molecule has 0 aromatic heterocycles. The third kappa shape index (κ3) is 4.55. The van der Waals surface area contributed by atoms with E-state index >= 15 is 0 Å². The summed E-state index contributed by atoms with van der Waals surface area (Å²) >= 11 is 0. The lowest BCUT2D eigenvalue weighted by Crippen LogP contribution is -2.34. The van der Waals surface area contributed by atoms with Crippen LogP contribution in [0.5, 0.6) is 0 Å². The van der Waals surface area contributed by atoms with Crippen LogP contribution in [0.1, 0.15) is 38.8 Å². The molecule has 21 heavy (non-hydrogen) atoms. The number of carbonyl (C=O) groups is 2. The molecule has 1 rings (SSSR count). The predicted octanol–water partition coefficient (Wildman–Crippen LogP) is 2.27. The molecular formula is C14H18N2O5. The minimum atomic E-state index is -1.16. The number of benzene rings is 1. The van der Waals surface area contributed by atoms with Crippen molar-refractivity contribution in [2.75, 3.05) is 0 Å². The highest BCUT2D eigenvalue weighted by Crippen LogP contribution is 2.22. The molecular weight excluding hydrogens is 276 g/mol. The third-order valence-electron chi connectivity index (χ3n) is 3.14. The van der Waals surface area contributed by atoms with Crippen molar-refractivity contribution >= 4 is 17.6 Å². The maximum atomic E-state index is 11.9. The number of nitro groups is 1. The molecule has 1 amide bonds. The SMILES string of the molecule is CC(NC(=O)CC(C)(C)C(=O)O)c1cccc([N+](=O)[O-])c1. The van der Waals surface area contributed by atoms with E-state index < -0.39 is 28.3 Å². The molecule has 7 heteroatoms. The summed E-state index contributed by atoms with van der Waals surface area (Å²) in [4.78, 5) is 33.0. The molecule has 0 saturated heterocycles. The molecule has 7 nitrogen and oxygen atoms in total. The number of nitrogens with zero attached hydrogens (tertiary/aromatic N) is 1. The number of nitro benzene ring substituents is 1. The number of aliphatic carboxylic acids is 1. The first-order valence-electron chi connectivity index (χ1n) is 6.40. The zero-order valence-electron chi connectivity index (χ0n) is 12.1. The van der Waals surface area contributed by atoms with Gasteiger partial charge in [0.15, 0.2) is 0 Å². The molecule has 1 aromatic carbocycles. The molecule has 0 saturated carbocycles. The number of hydrogen-bond donors (Lipinski definition) is 2. The second-order valence-corrected chi connectivity index (χ2v) is 5.51. The number of non-ortho nitro benzene ring substituents is 1. The summed E-state index contributed by atoms with van der Waals surface area (Å²) in [5.41, 5.74) is -0.628. The molecule has 1 unspecified atom stereocenters. The summed E-state index contributed by atoms with van der Waals surface area (Å²) in [5.74, 6) is -1.47. The van der Waals surface area contributed by atoms with E-state index in [2.05, 4.69) is 5.32 Å². The van der Waals surface area contributed by atoms with Crippen molar-refractivity contribution in [3.05, 3.63) is 39.9 Å². The van der Waals surface area contributed by atoms with E-state index in [1.807, 2.05) is 0 Å². The van der Waals surface area contributed by atoms with Crippen molar-refractivity contribution in [1.29, 1.82) is 0 Å². The number of hydrogen-bond acceptors (Lipinski definition) is 4. The minimum Gasteiger partial charge on any atom is -0.481 e. The van der Waals surface area contributed by atoms with Gasteiger partial charge in [-0.1, -0.05) is 12.1 Å². The molecule has 0 aliphatic heterocycles. The Hall–Kier alpha value is -2.44. The van der Waals surface area contributed by atoms with Crippen LogP contribution in [0.25, 0.3) is 0 Å². The lowest BCUT2D eigenvalue weighted by Gasteiger charge is -2.20. The van der Waals surface area contributed by atoms with Gasteiger partial charge in [0.1, 0.15) is 0 Å². The zero-order chi connectivity index (χ0) is 16.2. The number of carbonyl (C=O) groups excluding carboxylic acids is 1. The molecule has 1 aromatic rings. The van der Waals surface area contributed by atoms with Gasteiger partial charge in [-0.3, -0.25) is 19.7 Å². The summed E-state index contributed by atoms with van der Waals surface area (Å²) in [6.45, 7) is 4.62. The van der Waals surface area contributed by atoms with Crippen LogP contribution in [-0.2, 0) is 9.59 Å². The first-order valence-corrected chi connectivity index (χ1v) is 6.40. The van der Waals surface area contributed by atoms with Crippen LogP contribution in [0.15, 0.2) is 24.3 Å². The van der Waals surface area contributed by atoms with Crippen LogP contribution in [-0.4, -0.2) is 21.9 Å². The zero-order valence-corrected chi connectivity index (χ0v) is 12.1. The van der Waals surface area contributed by atoms with Crippen LogP contribution in [0.3, 0.4) is 0 Å². The van der Waals surface area contributed by atoms with Gasteiger partial charge < -0.3 is 10.4 Å². The average molecular weight is 294 g/mol. The van der Waals surface area contributed by atoms with E-state index in [0.717, 1.165) is 0 Å². The second-order valence-electron chi connectivity index (χ2n) is 5.51. The topological polar surface area (TPSA) is 110 Å². The van der Waals surface area contributed by atoms with Crippen LogP contribution in [0.4, 0.5) is 5.69 Å². The Labute approximate surface area is 122 Å². The van der Waals surface area contributed by atoms with E-state index in [1.54, 1.807) is 13.0 Å². The van der Waals surface area contributed by atoms with Gasteiger partial charge in [0, 0.05) is 18.6 Å². The van der Waals surface area contributed by atoms with E-state index in [4.69, 9.17) is 5.11 Å². The second kappa shape index (κ2) is 6.34. The Morgan fingerprint density at radius 3 is 2.57 bits per heavy atom. The van der Waals surface area contributed by atoms with Crippen LogP contribution in [0, 0.1) is 15.5 Å². The average Bonchev–Trinajstić information content (AvgIpc) is 2.37. The van der Waals surface area contributed by atoms with Crippen LogP contribution >= 0.6 is 0 Å². The van der Waals surface area contributed by atoms with Crippen molar-refractivity contribution in [3.8, 4) is 0 Å². The summed E-state index contributed by atoms with van der Waals surface area (Å²) in [5, 5.41) is 22.3. The molecule has 0 bridgehead atoms. The van der Waals surface area contributed by atoms with Gasteiger partial charge in [-0.25, -0.2) is 0 Å². The number of nitrogens with one attached hydrogen (secondary N) is 1. The van der Waals surface area contributed by atoms with Gasteiger partial charge in [-0.05, 0) is 26.3 Å². The molecule has 2 N–H and O–H groups in total. The molecule has 114 valence electrons. The number of carboxylic acid groups (broad SMARTS) is 1. The number of amides is 1. The van der Waals surface area contributed by atoms with Crippen molar-refractivity contribution in [2.24, 2.45) is 5.41 Å².